The van der Waals surface area contributed by atoms with E-state index in [2.05, 4.69) is 24.7 Å². The molecule has 12 nitrogen and oxygen atoms in total. The number of pyridine rings is 1. The van der Waals surface area contributed by atoms with E-state index in [9.17, 15) is 39.2 Å². The molecule has 0 atom stereocenters. The quantitative estimate of drug-likeness (QED) is 0.172. The van der Waals surface area contributed by atoms with E-state index in [-0.39, 0.29) is 11.4 Å². The van der Waals surface area contributed by atoms with Crippen LogP contribution < -0.4 is 4.72 Å². The first-order valence-electron chi connectivity index (χ1n) is 11.9. The summed E-state index contributed by atoms with van der Waals surface area (Å²) in [5, 5.41) is 14.2. The van der Waals surface area contributed by atoms with Gasteiger partial charge in [0.1, 0.15) is 5.52 Å². The fourth-order valence-corrected chi connectivity index (χ4v) is 3.79. The van der Waals surface area contributed by atoms with Gasteiger partial charge in [0, 0.05) is 5.56 Å². The van der Waals surface area contributed by atoms with Gasteiger partial charge in [-0.1, -0.05) is 18.2 Å². The zero-order valence-corrected chi connectivity index (χ0v) is 23.1. The molecule has 2 aromatic carbocycles. The molecule has 5 rings (SSSR count). The summed E-state index contributed by atoms with van der Waals surface area (Å²) in [4.78, 5) is 34.0. The number of aromatic nitrogens is 4. The van der Waals surface area contributed by atoms with Crippen molar-refractivity contribution in [3.8, 4) is 23.0 Å². The largest absolute Gasteiger partial charge is 0.490 e. The number of H-pyrrole nitrogens is 1. The molecule has 0 saturated carbocycles. The van der Waals surface area contributed by atoms with Crippen LogP contribution in [0, 0.1) is 5.82 Å². The number of oxazole rings is 1. The van der Waals surface area contributed by atoms with Crippen molar-refractivity contribution in [3.63, 3.8) is 0 Å². The third-order valence-corrected chi connectivity index (χ3v) is 6.55. The van der Waals surface area contributed by atoms with E-state index >= 15 is 0 Å². The molecule has 5 aromatic rings. The number of anilines is 1. The van der Waals surface area contributed by atoms with Crippen molar-refractivity contribution in [1.82, 2.24) is 19.9 Å². The van der Waals surface area contributed by atoms with Crippen molar-refractivity contribution in [3.05, 3.63) is 60.5 Å². The van der Waals surface area contributed by atoms with Gasteiger partial charge in [-0.2, -0.15) is 26.3 Å². The third kappa shape index (κ3) is 9.11. The number of imidazole rings is 1. The van der Waals surface area contributed by atoms with Crippen LogP contribution in [0.1, 0.15) is 6.92 Å². The highest BCUT2D eigenvalue weighted by Crippen LogP contribution is 2.29. The van der Waals surface area contributed by atoms with Gasteiger partial charge in [-0.25, -0.2) is 32.4 Å². The van der Waals surface area contributed by atoms with Crippen LogP contribution in [0.15, 0.2) is 59.1 Å². The summed E-state index contributed by atoms with van der Waals surface area (Å²) in [7, 11) is -3.62. The van der Waals surface area contributed by atoms with Crippen molar-refractivity contribution >= 4 is 49.8 Å². The summed E-state index contributed by atoms with van der Waals surface area (Å²) in [6.45, 7) is 1.47. The highest BCUT2D eigenvalue weighted by molar-refractivity contribution is 7.92. The number of hydrogen-bond donors (Lipinski definition) is 4. The number of sulfonamides is 1. The number of halogens is 7. The van der Waals surface area contributed by atoms with E-state index in [1.807, 2.05) is 24.3 Å². The highest BCUT2D eigenvalue weighted by atomic mass is 32.2. The average Bonchev–Trinajstić information content (AvgIpc) is 3.58. The van der Waals surface area contributed by atoms with Gasteiger partial charge >= 0.3 is 24.3 Å². The van der Waals surface area contributed by atoms with E-state index in [0.29, 0.717) is 34.1 Å². The van der Waals surface area contributed by atoms with Crippen LogP contribution in [0.2, 0.25) is 0 Å². The number of para-hydroxylation sites is 2. The SMILES string of the molecule is CCS(=O)(=O)Nc1cc(-c2ccc3nc(-c4nc5ccccc5[nH]4)oc3c2)ncc1F.O=C(O)C(F)(F)F.O=C(O)C(F)(F)F. The van der Waals surface area contributed by atoms with Crippen molar-refractivity contribution in [2.75, 3.05) is 10.5 Å². The topological polar surface area (TPSA) is 188 Å². The second-order valence-corrected chi connectivity index (χ2v) is 10.5. The number of aliphatic carboxylic acids is 2. The standard InChI is InChI=1S/C21H16FN5O3S.2C2HF3O2/c1-2-31(28,29)27-18-10-17(23-11-13(18)22)12-7-8-16-19(9-12)30-21(26-16)20-24-14-5-3-4-6-15(14)25-20;2*3-2(4,5)1(6)7/h3-11H,2H2,1H3,(H,23,27)(H,24,25);2*(H,6,7). The molecule has 0 unspecified atom stereocenters. The first-order valence-corrected chi connectivity index (χ1v) is 13.6. The second-order valence-electron chi connectivity index (χ2n) is 8.46. The van der Waals surface area contributed by atoms with Crippen LogP contribution in [0.4, 0.5) is 36.4 Å². The Morgan fingerprint density at radius 2 is 1.53 bits per heavy atom. The molecule has 0 radical (unpaired) electrons. The Balaban J connectivity index is 0.000000331. The number of fused-ring (bicyclic) bond motifs is 2. The summed E-state index contributed by atoms with van der Waals surface area (Å²) in [6, 6.07) is 14.2. The Hall–Kier alpha value is -5.27. The van der Waals surface area contributed by atoms with Crippen LogP contribution in [-0.4, -0.2) is 68.6 Å². The Morgan fingerprint density at radius 3 is 2.09 bits per heavy atom. The number of carboxylic acids is 2. The zero-order valence-electron chi connectivity index (χ0n) is 22.2. The third-order valence-electron chi connectivity index (χ3n) is 5.26. The summed E-state index contributed by atoms with van der Waals surface area (Å²) < 4.78 is 109. The normalized spacial score (nSPS) is 11.7. The Labute approximate surface area is 246 Å². The molecule has 0 aliphatic rings. The molecular formula is C25H18F7N5O7S. The summed E-state index contributed by atoms with van der Waals surface area (Å²) >= 11 is 0. The molecule has 240 valence electrons. The molecule has 0 saturated heterocycles. The van der Waals surface area contributed by atoms with Gasteiger partial charge in [-0.05, 0) is 37.3 Å². The molecule has 3 aromatic heterocycles. The van der Waals surface area contributed by atoms with E-state index in [1.165, 1.54) is 13.0 Å². The molecule has 20 heteroatoms. The van der Waals surface area contributed by atoms with Crippen molar-refractivity contribution < 1.29 is 63.4 Å². The number of alkyl halides is 6. The average molecular weight is 666 g/mol. The Bertz CT molecular complexity index is 1900. The lowest BCUT2D eigenvalue weighted by Gasteiger charge is -2.09. The first kappa shape index (κ1) is 34.2. The molecule has 45 heavy (non-hydrogen) atoms. The van der Waals surface area contributed by atoms with Crippen molar-refractivity contribution in [2.24, 2.45) is 0 Å². The lowest BCUT2D eigenvalue weighted by atomic mass is 10.1. The lowest BCUT2D eigenvalue weighted by Crippen LogP contribution is -2.21. The van der Waals surface area contributed by atoms with Crippen LogP contribution in [0.25, 0.3) is 45.1 Å². The van der Waals surface area contributed by atoms with Crippen LogP contribution in [-0.2, 0) is 19.6 Å². The molecule has 0 fully saturated rings. The number of hydrogen-bond acceptors (Lipinski definition) is 8. The minimum atomic E-state index is -5.08. The number of carbonyl (C=O) groups is 2. The van der Waals surface area contributed by atoms with Gasteiger partial charge in [0.05, 0.1) is 34.4 Å². The number of carboxylic acid groups (broad SMARTS) is 2. The van der Waals surface area contributed by atoms with Gasteiger partial charge < -0.3 is 19.6 Å². The van der Waals surface area contributed by atoms with E-state index < -0.39 is 40.1 Å². The number of rotatable bonds is 5. The van der Waals surface area contributed by atoms with Gasteiger partial charge in [-0.3, -0.25) is 9.71 Å². The summed E-state index contributed by atoms with van der Waals surface area (Å²) in [5.74, 6) is -5.59. The summed E-state index contributed by atoms with van der Waals surface area (Å²) in [5.41, 5.74) is 3.64. The van der Waals surface area contributed by atoms with Crippen LogP contribution >= 0.6 is 0 Å². The van der Waals surface area contributed by atoms with E-state index in [4.69, 9.17) is 24.2 Å². The summed E-state index contributed by atoms with van der Waals surface area (Å²) in [6.07, 6.45) is -9.19. The van der Waals surface area contributed by atoms with Gasteiger partial charge in [-0.15, -0.1) is 0 Å². The van der Waals surface area contributed by atoms with Crippen molar-refractivity contribution in [1.29, 1.82) is 0 Å². The predicted molar refractivity (Wildman–Crippen MR) is 143 cm³/mol. The van der Waals surface area contributed by atoms with E-state index in [0.717, 1.165) is 17.2 Å². The molecule has 0 spiro atoms. The fourth-order valence-electron chi connectivity index (χ4n) is 3.15. The van der Waals surface area contributed by atoms with E-state index in [1.54, 1.807) is 18.2 Å². The molecule has 0 amide bonds. The molecule has 4 N–H and O–H groups in total. The fraction of sp³-hybridized carbons (Fsp3) is 0.160. The smallest absolute Gasteiger partial charge is 0.475 e. The maximum atomic E-state index is 14.1. The number of nitrogens with one attached hydrogen (secondary N) is 2. The first-order chi connectivity index (χ1) is 20.8. The minimum absolute atomic E-state index is 0.160. The van der Waals surface area contributed by atoms with Gasteiger partial charge in [0.15, 0.2) is 17.2 Å². The van der Waals surface area contributed by atoms with Crippen LogP contribution in [0.5, 0.6) is 0 Å². The predicted octanol–water partition coefficient (Wildman–Crippen LogP) is 5.60. The zero-order chi connectivity index (χ0) is 33.7. The molecule has 3 heterocycles. The van der Waals surface area contributed by atoms with Gasteiger partial charge in [0.2, 0.25) is 10.0 Å². The molecule has 0 aliphatic carbocycles. The van der Waals surface area contributed by atoms with Crippen LogP contribution in [0.3, 0.4) is 0 Å². The van der Waals surface area contributed by atoms with Gasteiger partial charge in [0.25, 0.3) is 5.89 Å². The highest BCUT2D eigenvalue weighted by Gasteiger charge is 2.38. The minimum Gasteiger partial charge on any atom is -0.475 e. The number of nitrogens with zero attached hydrogens (tertiary/aromatic N) is 3. The lowest BCUT2D eigenvalue weighted by molar-refractivity contribution is -0.193. The maximum Gasteiger partial charge on any atom is 0.490 e. The Morgan fingerprint density at radius 1 is 0.933 bits per heavy atom. The maximum absolute atomic E-state index is 14.1. The second kappa shape index (κ2) is 13.2. The Kier molecular flexibility index (Phi) is 10.0. The monoisotopic (exact) mass is 665 g/mol. The molecule has 0 bridgehead atoms. The number of aromatic amines is 1. The number of benzene rings is 2. The van der Waals surface area contributed by atoms with Crippen molar-refractivity contribution in [2.45, 2.75) is 19.3 Å². The molecule has 0 aliphatic heterocycles. The molecular weight excluding hydrogens is 647 g/mol.